The number of Topliss-reactive ketones (excluding diaryl/α,β-unsaturated/α-hetero) is 1. The molecule has 22 heavy (non-hydrogen) atoms. The first-order valence-electron chi connectivity index (χ1n) is 7.64. The molecule has 1 aromatic rings. The van der Waals surface area contributed by atoms with Crippen LogP contribution in [0.3, 0.4) is 0 Å². The fraction of sp³-hybridized carbons (Fsp3) is 0.471. The van der Waals surface area contributed by atoms with Crippen molar-refractivity contribution in [3.63, 3.8) is 0 Å². The summed E-state index contributed by atoms with van der Waals surface area (Å²) in [7, 11) is 0. The summed E-state index contributed by atoms with van der Waals surface area (Å²) < 4.78 is 0. The SMILES string of the molecule is Cc1ccc(C(=O)CCC(=O)N2CCCC(C(N)=O)C2)cc1. The second-order valence-electron chi connectivity index (χ2n) is 5.87. The van der Waals surface area contributed by atoms with E-state index in [0.717, 1.165) is 18.4 Å². The maximum Gasteiger partial charge on any atom is 0.223 e. The van der Waals surface area contributed by atoms with E-state index in [-0.39, 0.29) is 36.4 Å². The summed E-state index contributed by atoms with van der Waals surface area (Å²) in [5.41, 5.74) is 7.04. The first-order valence-corrected chi connectivity index (χ1v) is 7.64. The Morgan fingerprint density at radius 1 is 1.18 bits per heavy atom. The summed E-state index contributed by atoms with van der Waals surface area (Å²) >= 11 is 0. The van der Waals surface area contributed by atoms with Crippen LogP contribution in [0.4, 0.5) is 0 Å². The van der Waals surface area contributed by atoms with Crippen molar-refractivity contribution in [3.8, 4) is 0 Å². The van der Waals surface area contributed by atoms with Crippen LogP contribution in [-0.2, 0) is 9.59 Å². The molecule has 0 aliphatic carbocycles. The summed E-state index contributed by atoms with van der Waals surface area (Å²) in [6, 6.07) is 7.34. The lowest BCUT2D eigenvalue weighted by Crippen LogP contribution is -2.44. The lowest BCUT2D eigenvalue weighted by Gasteiger charge is -2.31. The predicted molar refractivity (Wildman–Crippen MR) is 83.2 cm³/mol. The molecule has 118 valence electrons. The Morgan fingerprint density at radius 3 is 2.50 bits per heavy atom. The first-order chi connectivity index (χ1) is 10.5. The highest BCUT2D eigenvalue weighted by Gasteiger charge is 2.26. The number of primary amides is 1. The minimum atomic E-state index is -0.353. The highest BCUT2D eigenvalue weighted by Crippen LogP contribution is 2.17. The lowest BCUT2D eigenvalue weighted by molar-refractivity contribution is -0.134. The number of benzene rings is 1. The van der Waals surface area contributed by atoms with Crippen LogP contribution in [0.2, 0.25) is 0 Å². The molecule has 1 aromatic carbocycles. The number of hydrogen-bond acceptors (Lipinski definition) is 3. The van der Waals surface area contributed by atoms with Crippen molar-refractivity contribution >= 4 is 17.6 Å². The normalized spacial score (nSPS) is 18.0. The van der Waals surface area contributed by atoms with Crippen molar-refractivity contribution in [1.82, 2.24) is 4.90 Å². The molecule has 1 aliphatic rings. The third-order valence-corrected chi connectivity index (χ3v) is 4.12. The Morgan fingerprint density at radius 2 is 1.86 bits per heavy atom. The Kier molecular flexibility index (Phi) is 5.31. The molecule has 5 nitrogen and oxygen atoms in total. The zero-order chi connectivity index (χ0) is 16.1. The molecule has 0 aromatic heterocycles. The van der Waals surface area contributed by atoms with Crippen LogP contribution in [0.25, 0.3) is 0 Å². The maximum absolute atomic E-state index is 12.2. The molecule has 1 aliphatic heterocycles. The largest absolute Gasteiger partial charge is 0.369 e. The minimum absolute atomic E-state index is 0.0307. The standard InChI is InChI=1S/C17H22N2O3/c1-12-4-6-13(7-5-12)15(20)8-9-16(21)19-10-2-3-14(11-19)17(18)22/h4-7,14H,2-3,8-11H2,1H3,(H2,18,22). The number of likely N-dealkylation sites (tertiary alicyclic amines) is 1. The van der Waals surface area contributed by atoms with E-state index in [0.29, 0.717) is 18.7 Å². The number of rotatable bonds is 5. The van der Waals surface area contributed by atoms with Gasteiger partial charge in [0, 0.05) is 31.5 Å². The third kappa shape index (κ3) is 4.16. The first kappa shape index (κ1) is 16.2. The van der Waals surface area contributed by atoms with Gasteiger partial charge in [-0.2, -0.15) is 0 Å². The van der Waals surface area contributed by atoms with Crippen LogP contribution >= 0.6 is 0 Å². The fourth-order valence-electron chi connectivity index (χ4n) is 2.70. The quantitative estimate of drug-likeness (QED) is 0.840. The van der Waals surface area contributed by atoms with Gasteiger partial charge in [-0.25, -0.2) is 0 Å². The molecular weight excluding hydrogens is 280 g/mol. The third-order valence-electron chi connectivity index (χ3n) is 4.12. The van der Waals surface area contributed by atoms with Gasteiger partial charge in [0.1, 0.15) is 0 Å². The van der Waals surface area contributed by atoms with Gasteiger partial charge in [0.05, 0.1) is 5.92 Å². The number of carbonyl (C=O) groups is 3. The van der Waals surface area contributed by atoms with Crippen molar-refractivity contribution < 1.29 is 14.4 Å². The molecule has 0 spiro atoms. The smallest absolute Gasteiger partial charge is 0.223 e. The summed E-state index contributed by atoms with van der Waals surface area (Å²) in [4.78, 5) is 37.1. The average Bonchev–Trinajstić information content (AvgIpc) is 2.53. The van der Waals surface area contributed by atoms with E-state index in [1.165, 1.54) is 0 Å². The van der Waals surface area contributed by atoms with E-state index in [9.17, 15) is 14.4 Å². The second kappa shape index (κ2) is 7.20. The van der Waals surface area contributed by atoms with Crippen LogP contribution in [-0.4, -0.2) is 35.6 Å². The lowest BCUT2D eigenvalue weighted by atomic mass is 9.97. The van der Waals surface area contributed by atoms with Gasteiger partial charge in [-0.1, -0.05) is 29.8 Å². The van der Waals surface area contributed by atoms with Gasteiger partial charge in [-0.15, -0.1) is 0 Å². The van der Waals surface area contributed by atoms with Gasteiger partial charge in [-0.05, 0) is 19.8 Å². The Labute approximate surface area is 130 Å². The van der Waals surface area contributed by atoms with E-state index in [1.807, 2.05) is 19.1 Å². The number of aryl methyl sites for hydroxylation is 1. The van der Waals surface area contributed by atoms with Crippen molar-refractivity contribution in [2.24, 2.45) is 11.7 Å². The van der Waals surface area contributed by atoms with Crippen molar-refractivity contribution in [2.75, 3.05) is 13.1 Å². The number of ketones is 1. The number of carbonyl (C=O) groups excluding carboxylic acids is 3. The zero-order valence-electron chi connectivity index (χ0n) is 12.9. The highest BCUT2D eigenvalue weighted by molar-refractivity contribution is 5.98. The van der Waals surface area contributed by atoms with Gasteiger partial charge in [0.25, 0.3) is 0 Å². The molecule has 5 heteroatoms. The van der Waals surface area contributed by atoms with E-state index >= 15 is 0 Å². The van der Waals surface area contributed by atoms with E-state index in [1.54, 1.807) is 17.0 Å². The summed E-state index contributed by atoms with van der Waals surface area (Å²) in [6.45, 7) is 2.98. The van der Waals surface area contributed by atoms with Crippen LogP contribution in [0, 0.1) is 12.8 Å². The summed E-state index contributed by atoms with van der Waals surface area (Å²) in [5, 5.41) is 0. The summed E-state index contributed by atoms with van der Waals surface area (Å²) in [5.74, 6) is -0.720. The predicted octanol–water partition coefficient (Wildman–Crippen LogP) is 1.68. The van der Waals surface area contributed by atoms with E-state index in [2.05, 4.69) is 0 Å². The van der Waals surface area contributed by atoms with Gasteiger partial charge in [-0.3, -0.25) is 14.4 Å². The Bertz CT molecular complexity index is 566. The molecule has 1 fully saturated rings. The monoisotopic (exact) mass is 302 g/mol. The molecule has 1 atom stereocenters. The van der Waals surface area contributed by atoms with Crippen molar-refractivity contribution in [3.05, 3.63) is 35.4 Å². The second-order valence-corrected chi connectivity index (χ2v) is 5.87. The molecule has 0 saturated carbocycles. The molecule has 1 heterocycles. The number of hydrogen-bond donors (Lipinski definition) is 1. The number of nitrogens with zero attached hydrogens (tertiary/aromatic N) is 1. The fourth-order valence-corrected chi connectivity index (χ4v) is 2.70. The Balaban J connectivity index is 1.85. The van der Waals surface area contributed by atoms with E-state index in [4.69, 9.17) is 5.73 Å². The number of piperidine rings is 1. The van der Waals surface area contributed by atoms with Crippen LogP contribution in [0.5, 0.6) is 0 Å². The maximum atomic E-state index is 12.2. The molecule has 1 unspecified atom stereocenters. The topological polar surface area (TPSA) is 80.5 Å². The molecule has 0 bridgehead atoms. The number of amides is 2. The van der Waals surface area contributed by atoms with E-state index < -0.39 is 0 Å². The highest BCUT2D eigenvalue weighted by atomic mass is 16.2. The number of nitrogens with two attached hydrogens (primary N) is 1. The molecule has 1 saturated heterocycles. The molecule has 0 radical (unpaired) electrons. The Hall–Kier alpha value is -2.17. The molecule has 2 amide bonds. The van der Waals surface area contributed by atoms with Crippen molar-refractivity contribution in [1.29, 1.82) is 0 Å². The van der Waals surface area contributed by atoms with Gasteiger partial charge in [0.15, 0.2) is 5.78 Å². The van der Waals surface area contributed by atoms with Crippen LogP contribution < -0.4 is 5.73 Å². The summed E-state index contributed by atoms with van der Waals surface area (Å²) in [6.07, 6.45) is 1.89. The van der Waals surface area contributed by atoms with Gasteiger partial charge < -0.3 is 10.6 Å². The molecule has 2 rings (SSSR count). The molecular formula is C17H22N2O3. The van der Waals surface area contributed by atoms with Gasteiger partial charge >= 0.3 is 0 Å². The zero-order valence-corrected chi connectivity index (χ0v) is 12.9. The minimum Gasteiger partial charge on any atom is -0.369 e. The van der Waals surface area contributed by atoms with Crippen molar-refractivity contribution in [2.45, 2.75) is 32.6 Å². The van der Waals surface area contributed by atoms with Crippen LogP contribution in [0.15, 0.2) is 24.3 Å². The molecule has 2 N–H and O–H groups in total. The average molecular weight is 302 g/mol. The van der Waals surface area contributed by atoms with Crippen LogP contribution in [0.1, 0.15) is 41.6 Å². The van der Waals surface area contributed by atoms with Gasteiger partial charge in [0.2, 0.25) is 11.8 Å².